The predicted molar refractivity (Wildman–Crippen MR) is 65.1 cm³/mol. The van der Waals surface area contributed by atoms with Crippen LogP contribution in [-0.2, 0) is 9.53 Å². The fraction of sp³-hybridized carbons (Fsp3) is 0.364. The molecule has 0 radical (unpaired) electrons. The quantitative estimate of drug-likeness (QED) is 0.831. The van der Waals surface area contributed by atoms with Crippen molar-refractivity contribution >= 4 is 23.3 Å². The average molecular weight is 267 g/mol. The Morgan fingerprint density at radius 2 is 2.50 bits per heavy atom. The highest BCUT2D eigenvalue weighted by atomic mass is 35.5. The van der Waals surface area contributed by atoms with Crippen molar-refractivity contribution in [3.05, 3.63) is 22.8 Å². The maximum absolute atomic E-state index is 11.4. The molecule has 1 unspecified atom stereocenters. The summed E-state index contributed by atoms with van der Waals surface area (Å²) < 4.78 is 5.21. The van der Waals surface area contributed by atoms with Crippen molar-refractivity contribution in [3.63, 3.8) is 0 Å². The Balaban J connectivity index is 2.40. The molecular weight excluding hydrogens is 256 g/mol. The largest absolute Gasteiger partial charge is 0.377 e. The second-order valence-electron chi connectivity index (χ2n) is 3.79. The fourth-order valence-corrected chi connectivity index (χ4v) is 2.07. The molecule has 1 saturated heterocycles. The normalized spacial score (nSPS) is 19.3. The van der Waals surface area contributed by atoms with Gasteiger partial charge >= 0.3 is 0 Å². The van der Waals surface area contributed by atoms with E-state index in [1.165, 1.54) is 12.3 Å². The molecule has 94 valence electrons. The van der Waals surface area contributed by atoms with Gasteiger partial charge in [-0.1, -0.05) is 11.6 Å². The number of primary amides is 1. The van der Waals surface area contributed by atoms with Crippen LogP contribution in [0.4, 0.5) is 5.82 Å². The van der Waals surface area contributed by atoms with Gasteiger partial charge in [0.15, 0.2) is 0 Å². The maximum Gasteiger partial charge on any atom is 0.242 e. The van der Waals surface area contributed by atoms with Crippen molar-refractivity contribution in [1.29, 1.82) is 5.26 Å². The monoisotopic (exact) mass is 266 g/mol. The van der Waals surface area contributed by atoms with E-state index in [2.05, 4.69) is 4.98 Å². The number of nitrogens with two attached hydrogens (primary N) is 1. The van der Waals surface area contributed by atoms with Crippen LogP contribution in [-0.4, -0.2) is 36.7 Å². The number of pyridine rings is 1. The summed E-state index contributed by atoms with van der Waals surface area (Å²) in [7, 11) is 0. The highest BCUT2D eigenvalue weighted by molar-refractivity contribution is 6.34. The topological polar surface area (TPSA) is 92.2 Å². The molecule has 18 heavy (non-hydrogen) atoms. The van der Waals surface area contributed by atoms with Gasteiger partial charge in [0, 0.05) is 12.7 Å². The van der Waals surface area contributed by atoms with E-state index in [1.807, 2.05) is 6.07 Å². The van der Waals surface area contributed by atoms with Crippen LogP contribution in [0, 0.1) is 11.3 Å². The zero-order valence-electron chi connectivity index (χ0n) is 9.47. The first-order chi connectivity index (χ1) is 8.65. The summed E-state index contributed by atoms with van der Waals surface area (Å²) in [5.41, 5.74) is 5.64. The molecule has 6 nitrogen and oxygen atoms in total. The predicted octanol–water partition coefficient (Wildman–Crippen LogP) is 0.297. The Bertz CT molecular complexity index is 514. The number of hydrogen-bond acceptors (Lipinski definition) is 5. The van der Waals surface area contributed by atoms with Gasteiger partial charge in [0.05, 0.1) is 18.8 Å². The van der Waals surface area contributed by atoms with Crippen LogP contribution in [0.1, 0.15) is 5.56 Å². The lowest BCUT2D eigenvalue weighted by Gasteiger charge is -2.34. The van der Waals surface area contributed by atoms with Crippen molar-refractivity contribution in [3.8, 4) is 6.07 Å². The first-order valence-electron chi connectivity index (χ1n) is 5.33. The van der Waals surface area contributed by atoms with Gasteiger partial charge in [0.25, 0.3) is 0 Å². The Morgan fingerprint density at radius 3 is 3.17 bits per heavy atom. The summed E-state index contributed by atoms with van der Waals surface area (Å²) in [5, 5.41) is 9.15. The van der Waals surface area contributed by atoms with E-state index in [9.17, 15) is 4.79 Å². The van der Waals surface area contributed by atoms with Crippen LogP contribution in [0.15, 0.2) is 12.3 Å². The van der Waals surface area contributed by atoms with Gasteiger partial charge in [-0.15, -0.1) is 0 Å². The summed E-state index contributed by atoms with van der Waals surface area (Å²) in [4.78, 5) is 17.2. The number of nitriles is 1. The van der Waals surface area contributed by atoms with Crippen LogP contribution in [0.3, 0.4) is 0 Å². The minimum Gasteiger partial charge on any atom is -0.377 e. The summed E-state index contributed by atoms with van der Waals surface area (Å²) in [6.07, 6.45) is 1.48. The number of halogens is 1. The molecule has 0 spiro atoms. The first kappa shape index (κ1) is 12.6. The third kappa shape index (κ3) is 2.23. The number of aromatic nitrogens is 1. The SMILES string of the molecule is N#Cc1ccnc(N2CCOCC2C(N)=O)c1Cl. The Kier molecular flexibility index (Phi) is 3.65. The Hall–Kier alpha value is -1.84. The molecule has 0 saturated carbocycles. The summed E-state index contributed by atoms with van der Waals surface area (Å²) in [6.45, 7) is 1.11. The Morgan fingerprint density at radius 1 is 1.72 bits per heavy atom. The fourth-order valence-electron chi connectivity index (χ4n) is 1.81. The van der Waals surface area contributed by atoms with Gasteiger partial charge in [-0.2, -0.15) is 5.26 Å². The number of anilines is 1. The smallest absolute Gasteiger partial charge is 0.242 e. The first-order valence-corrected chi connectivity index (χ1v) is 5.71. The van der Waals surface area contributed by atoms with Crippen molar-refractivity contribution in [2.45, 2.75) is 6.04 Å². The van der Waals surface area contributed by atoms with E-state index in [0.717, 1.165) is 0 Å². The number of amides is 1. The summed E-state index contributed by atoms with van der Waals surface area (Å²) in [5.74, 6) is -0.113. The van der Waals surface area contributed by atoms with Gasteiger partial charge in [0.2, 0.25) is 5.91 Å². The molecule has 7 heteroatoms. The van der Waals surface area contributed by atoms with E-state index in [1.54, 1.807) is 4.90 Å². The van der Waals surface area contributed by atoms with Crippen LogP contribution >= 0.6 is 11.6 Å². The van der Waals surface area contributed by atoms with Crippen molar-refractivity contribution < 1.29 is 9.53 Å². The molecule has 2 heterocycles. The zero-order valence-corrected chi connectivity index (χ0v) is 10.2. The highest BCUT2D eigenvalue weighted by Gasteiger charge is 2.30. The molecule has 0 aromatic carbocycles. The van der Waals surface area contributed by atoms with E-state index in [-0.39, 0.29) is 11.6 Å². The molecule has 2 rings (SSSR count). The van der Waals surface area contributed by atoms with Crippen molar-refractivity contribution in [2.75, 3.05) is 24.7 Å². The molecule has 1 aliphatic heterocycles. The Labute approximate surface area is 109 Å². The summed E-state index contributed by atoms with van der Waals surface area (Å²) >= 11 is 6.09. The number of hydrogen-bond donors (Lipinski definition) is 1. The lowest BCUT2D eigenvalue weighted by Crippen LogP contribution is -2.53. The number of ether oxygens (including phenoxy) is 1. The van der Waals surface area contributed by atoms with E-state index in [0.29, 0.717) is 24.5 Å². The van der Waals surface area contributed by atoms with E-state index < -0.39 is 11.9 Å². The lowest BCUT2D eigenvalue weighted by atomic mass is 10.2. The second kappa shape index (κ2) is 5.21. The van der Waals surface area contributed by atoms with Crippen LogP contribution in [0.2, 0.25) is 5.02 Å². The van der Waals surface area contributed by atoms with Crippen LogP contribution in [0.5, 0.6) is 0 Å². The maximum atomic E-state index is 11.4. The third-order valence-corrected chi connectivity index (χ3v) is 3.09. The zero-order chi connectivity index (χ0) is 13.1. The average Bonchev–Trinajstić information content (AvgIpc) is 2.39. The molecule has 1 aromatic heterocycles. The van der Waals surface area contributed by atoms with Crippen LogP contribution < -0.4 is 10.6 Å². The number of carbonyl (C=O) groups is 1. The van der Waals surface area contributed by atoms with E-state index in [4.69, 9.17) is 27.3 Å². The highest BCUT2D eigenvalue weighted by Crippen LogP contribution is 2.28. The minimum atomic E-state index is -0.613. The molecular formula is C11H11ClN4O2. The second-order valence-corrected chi connectivity index (χ2v) is 4.17. The molecule has 1 aliphatic rings. The van der Waals surface area contributed by atoms with Gasteiger partial charge in [-0.3, -0.25) is 4.79 Å². The van der Waals surface area contributed by atoms with E-state index >= 15 is 0 Å². The lowest BCUT2D eigenvalue weighted by molar-refractivity contribution is -0.121. The summed E-state index contributed by atoms with van der Waals surface area (Å²) in [6, 6.07) is 2.88. The molecule has 0 aliphatic carbocycles. The molecule has 1 atom stereocenters. The van der Waals surface area contributed by atoms with Gasteiger partial charge < -0.3 is 15.4 Å². The molecule has 1 fully saturated rings. The molecule has 2 N–H and O–H groups in total. The molecule has 0 bridgehead atoms. The molecule has 1 aromatic rings. The standard InChI is InChI=1S/C11H11ClN4O2/c12-9-7(5-13)1-2-15-11(9)16-3-4-18-6-8(16)10(14)17/h1-2,8H,3-4,6H2,(H2,14,17). The number of morpholine rings is 1. The minimum absolute atomic E-state index is 0.199. The number of carbonyl (C=O) groups excluding carboxylic acids is 1. The third-order valence-electron chi connectivity index (χ3n) is 2.72. The van der Waals surface area contributed by atoms with Gasteiger partial charge in [-0.05, 0) is 6.07 Å². The molecule has 1 amide bonds. The van der Waals surface area contributed by atoms with Crippen LogP contribution in [0.25, 0.3) is 0 Å². The van der Waals surface area contributed by atoms with Crippen molar-refractivity contribution in [2.24, 2.45) is 5.73 Å². The number of nitrogens with zero attached hydrogens (tertiary/aromatic N) is 3. The van der Waals surface area contributed by atoms with Gasteiger partial charge in [-0.25, -0.2) is 4.98 Å². The van der Waals surface area contributed by atoms with Crippen molar-refractivity contribution in [1.82, 2.24) is 4.98 Å². The number of rotatable bonds is 2. The van der Waals surface area contributed by atoms with Gasteiger partial charge in [0.1, 0.15) is 23.0 Å².